The van der Waals surface area contributed by atoms with Crippen molar-refractivity contribution in [3.63, 3.8) is 0 Å². The van der Waals surface area contributed by atoms with E-state index in [9.17, 15) is 18.0 Å². The summed E-state index contributed by atoms with van der Waals surface area (Å²) in [4.78, 5) is 9.50. The number of halogens is 3. The van der Waals surface area contributed by atoms with E-state index in [4.69, 9.17) is 4.74 Å². The molecule has 0 N–H and O–H groups in total. The first kappa shape index (κ1) is 38.3. The van der Waals surface area contributed by atoms with Crippen LogP contribution in [-0.2, 0) is 74.2 Å². The van der Waals surface area contributed by atoms with Gasteiger partial charge in [-0.25, -0.2) is 0 Å². The zero-order valence-electron chi connectivity index (χ0n) is 18.4. The second kappa shape index (κ2) is 20.6. The molecule has 172 valence electrons. The summed E-state index contributed by atoms with van der Waals surface area (Å²) >= 11 is 0. The molecule has 0 heterocycles. The summed E-state index contributed by atoms with van der Waals surface area (Å²) in [5.74, 6) is 0.502. The molecule has 0 aliphatic rings. The van der Waals surface area contributed by atoms with Crippen LogP contribution in [-0.4, -0.2) is 6.29 Å². The molecule has 1 aromatic rings. The molecule has 1 rings (SSSR count). The Hall–Kier alpha value is 0.0249. The average Bonchev–Trinajstić information content (AvgIpc) is 2.66. The maximum atomic E-state index is 12.8. The maximum Gasteiger partial charge on any atom is 2.00 e. The minimum Gasteiger partial charge on any atom is -0.715 e. The van der Waals surface area contributed by atoms with Gasteiger partial charge < -0.3 is 16.0 Å². The molecule has 0 radical (unpaired) electrons. The standard InChI is InChI=1S/C17H20F3O.C6H9O.3W/c1-6-11(3)12(4)13(5)21-16-10-15(17(18,19)20)9-8-14(16)7-2;1-2-3-4-5-6-7;;;/h6,8-12H,2H2,1,3-5H3;3-4H,2,5H2,1H3;;;/q-3;-1;;2*+2/b;4-3-;;;. The summed E-state index contributed by atoms with van der Waals surface area (Å²) in [6.45, 7) is 13.2. The van der Waals surface area contributed by atoms with Crippen LogP contribution in [0.4, 0.5) is 13.2 Å². The molecule has 2 unspecified atom stereocenters. The summed E-state index contributed by atoms with van der Waals surface area (Å²) in [7, 11) is 0. The summed E-state index contributed by atoms with van der Waals surface area (Å²) in [5, 5.41) is 0. The molecular weight excluding hydrogens is 917 g/mol. The SMILES string of the molecule is C=[C-]c1ccc(C(F)(F)F)cc1O[C-](C)C(C)C(C)[CH-]C.CC/C=C\C[C-]=O.[W+2].[W+2].[W]. The van der Waals surface area contributed by atoms with Crippen LogP contribution in [0, 0.1) is 30.4 Å². The van der Waals surface area contributed by atoms with Gasteiger partial charge in [-0.3, -0.25) is 6.29 Å². The third kappa shape index (κ3) is 15.5. The summed E-state index contributed by atoms with van der Waals surface area (Å²) in [6, 6.07) is 3.31. The van der Waals surface area contributed by atoms with Crippen molar-refractivity contribution in [1.82, 2.24) is 0 Å². The van der Waals surface area contributed by atoms with Gasteiger partial charge in [0.15, 0.2) is 0 Å². The van der Waals surface area contributed by atoms with Crippen LogP contribution in [0.15, 0.2) is 36.9 Å². The van der Waals surface area contributed by atoms with E-state index in [0.717, 1.165) is 18.6 Å². The van der Waals surface area contributed by atoms with Gasteiger partial charge in [-0.05, 0) is 12.2 Å². The van der Waals surface area contributed by atoms with Gasteiger partial charge in [-0.1, -0.05) is 32.9 Å². The van der Waals surface area contributed by atoms with E-state index >= 15 is 0 Å². The van der Waals surface area contributed by atoms with Gasteiger partial charge in [0, 0.05) is 26.6 Å². The zero-order chi connectivity index (χ0) is 21.7. The number of hydrogen-bond acceptors (Lipinski definition) is 2. The molecule has 0 saturated heterocycles. The predicted octanol–water partition coefficient (Wildman–Crippen LogP) is 6.91. The molecule has 0 aliphatic carbocycles. The first-order valence-electron chi connectivity index (χ1n) is 9.17. The minimum atomic E-state index is -4.40. The van der Waals surface area contributed by atoms with E-state index in [1.165, 1.54) is 6.07 Å². The van der Waals surface area contributed by atoms with Gasteiger partial charge in [0.2, 0.25) is 0 Å². The van der Waals surface area contributed by atoms with Crippen molar-refractivity contribution >= 4 is 6.29 Å². The predicted molar refractivity (Wildman–Crippen MR) is 107 cm³/mol. The molecule has 0 amide bonds. The van der Waals surface area contributed by atoms with Crippen molar-refractivity contribution in [2.75, 3.05) is 0 Å². The van der Waals surface area contributed by atoms with Crippen LogP contribution < -0.4 is 4.74 Å². The van der Waals surface area contributed by atoms with E-state index in [0.29, 0.717) is 18.1 Å². The third-order valence-corrected chi connectivity index (χ3v) is 4.33. The van der Waals surface area contributed by atoms with Gasteiger partial charge in [-0.15, -0.1) is 18.6 Å². The van der Waals surface area contributed by atoms with Crippen LogP contribution in [0.25, 0.3) is 0 Å². The van der Waals surface area contributed by atoms with Crippen molar-refractivity contribution in [2.24, 2.45) is 11.8 Å². The normalized spacial score (nSPS) is 12.3. The first-order valence-corrected chi connectivity index (χ1v) is 9.17. The summed E-state index contributed by atoms with van der Waals surface area (Å²) in [6.07, 6.45) is 7.86. The Bertz CT molecular complexity index is 635. The van der Waals surface area contributed by atoms with Crippen LogP contribution in [0.2, 0.25) is 0 Å². The maximum absolute atomic E-state index is 12.8. The third-order valence-electron chi connectivity index (χ3n) is 4.33. The largest absolute Gasteiger partial charge is 2.00 e. The molecule has 31 heavy (non-hydrogen) atoms. The van der Waals surface area contributed by atoms with E-state index in [1.54, 1.807) is 13.2 Å². The molecule has 0 aliphatic heterocycles. The topological polar surface area (TPSA) is 26.3 Å². The Morgan fingerprint density at radius 1 is 1.26 bits per heavy atom. The van der Waals surface area contributed by atoms with Crippen molar-refractivity contribution in [3.05, 3.63) is 66.7 Å². The number of rotatable bonds is 9. The van der Waals surface area contributed by atoms with Crippen molar-refractivity contribution in [2.45, 2.75) is 53.6 Å². The average molecular weight is 946 g/mol. The van der Waals surface area contributed by atoms with E-state index < -0.39 is 11.7 Å². The van der Waals surface area contributed by atoms with E-state index in [2.05, 4.69) is 12.7 Å². The number of hydrogen-bond donors (Lipinski definition) is 0. The fourth-order valence-electron chi connectivity index (χ4n) is 2.15. The van der Waals surface area contributed by atoms with E-state index in [-0.39, 0.29) is 80.8 Å². The smallest absolute Gasteiger partial charge is 0.715 e. The quantitative estimate of drug-likeness (QED) is 0.199. The van der Waals surface area contributed by atoms with Gasteiger partial charge >= 0.3 is 48.3 Å². The number of ether oxygens (including phenoxy) is 1. The Morgan fingerprint density at radius 2 is 1.84 bits per heavy atom. The van der Waals surface area contributed by atoms with Crippen LogP contribution >= 0.6 is 0 Å². The molecule has 2 nitrogen and oxygen atoms in total. The van der Waals surface area contributed by atoms with Gasteiger partial charge in [0.1, 0.15) is 0 Å². The molecule has 0 bridgehead atoms. The number of benzene rings is 1. The number of allylic oxidation sites excluding steroid dienone is 2. The fraction of sp³-hybridized carbons (Fsp3) is 0.435. The summed E-state index contributed by atoms with van der Waals surface area (Å²) in [5.41, 5.74) is -0.324. The van der Waals surface area contributed by atoms with Crippen LogP contribution in [0.1, 0.15) is 58.6 Å². The van der Waals surface area contributed by atoms with Gasteiger partial charge in [0.25, 0.3) is 0 Å². The Kier molecular flexibility index (Phi) is 25.5. The van der Waals surface area contributed by atoms with Gasteiger partial charge in [-0.2, -0.15) is 69.2 Å². The monoisotopic (exact) mass is 946 g/mol. The molecule has 0 spiro atoms. The number of carbonyl (C=O) groups excluding carboxylic acids is 1. The second-order valence-electron chi connectivity index (χ2n) is 6.31. The van der Waals surface area contributed by atoms with Gasteiger partial charge in [0.05, 0.1) is 0 Å². The summed E-state index contributed by atoms with van der Waals surface area (Å²) < 4.78 is 44.0. The Labute approximate surface area is 228 Å². The zero-order valence-corrected chi connectivity index (χ0v) is 27.2. The first-order chi connectivity index (χ1) is 13.1. The van der Waals surface area contributed by atoms with Crippen LogP contribution in [0.3, 0.4) is 0 Å². The van der Waals surface area contributed by atoms with Crippen molar-refractivity contribution in [1.29, 1.82) is 0 Å². The molecule has 0 fully saturated rings. The molecule has 0 aromatic heterocycles. The molecule has 0 saturated carbocycles. The molecule has 1 aromatic carbocycles. The Balaban J connectivity index is -0.000000317. The molecular formula is C23H29F3O2W3. The molecule has 8 heteroatoms. The fourth-order valence-corrected chi connectivity index (χ4v) is 2.15. The van der Waals surface area contributed by atoms with E-state index in [1.807, 2.05) is 46.3 Å². The molecule has 2 atom stereocenters. The van der Waals surface area contributed by atoms with Crippen molar-refractivity contribution < 1.29 is 85.9 Å². The Morgan fingerprint density at radius 3 is 2.26 bits per heavy atom. The van der Waals surface area contributed by atoms with Crippen molar-refractivity contribution in [3.8, 4) is 5.75 Å². The number of alkyl halides is 3. The van der Waals surface area contributed by atoms with Crippen LogP contribution in [0.5, 0.6) is 5.75 Å². The second-order valence-corrected chi connectivity index (χ2v) is 6.31. The minimum absolute atomic E-state index is 0.